The fourth-order valence-corrected chi connectivity index (χ4v) is 4.59. The molecular formula is C20H17N3O3S2. The van der Waals surface area contributed by atoms with Crippen molar-refractivity contribution in [2.75, 3.05) is 7.11 Å². The third-order valence-electron chi connectivity index (χ3n) is 4.36. The first-order chi connectivity index (χ1) is 13.7. The number of fused-ring (bicyclic) bond motifs is 1. The van der Waals surface area contributed by atoms with Crippen molar-refractivity contribution < 1.29 is 14.3 Å². The minimum atomic E-state index is -0.802. The smallest absolute Gasteiger partial charge is 0.328 e. The Morgan fingerprint density at radius 3 is 2.86 bits per heavy atom. The van der Waals surface area contributed by atoms with Gasteiger partial charge in [-0.1, -0.05) is 24.3 Å². The van der Waals surface area contributed by atoms with Gasteiger partial charge in [0.1, 0.15) is 16.7 Å². The molecule has 28 heavy (non-hydrogen) atoms. The van der Waals surface area contributed by atoms with E-state index in [2.05, 4.69) is 15.3 Å². The zero-order chi connectivity index (χ0) is 19.5. The van der Waals surface area contributed by atoms with E-state index in [4.69, 9.17) is 4.74 Å². The number of para-hydroxylation sites is 1. The number of esters is 1. The van der Waals surface area contributed by atoms with Gasteiger partial charge in [0.25, 0.3) is 5.91 Å². The van der Waals surface area contributed by atoms with Crippen molar-refractivity contribution in [2.45, 2.75) is 12.5 Å². The molecular weight excluding hydrogens is 394 g/mol. The van der Waals surface area contributed by atoms with E-state index in [1.165, 1.54) is 18.4 Å². The number of carbonyl (C=O) groups excluding carboxylic acids is 2. The van der Waals surface area contributed by atoms with Crippen molar-refractivity contribution in [1.82, 2.24) is 15.3 Å². The fourth-order valence-electron chi connectivity index (χ4n) is 2.98. The summed E-state index contributed by atoms with van der Waals surface area (Å²) in [6.45, 7) is 0. The molecule has 4 rings (SSSR count). The lowest BCUT2D eigenvalue weighted by molar-refractivity contribution is -0.142. The average Bonchev–Trinajstić information content (AvgIpc) is 3.46. The van der Waals surface area contributed by atoms with E-state index in [9.17, 15) is 9.59 Å². The number of thiophene rings is 1. The van der Waals surface area contributed by atoms with E-state index in [0.29, 0.717) is 12.1 Å². The van der Waals surface area contributed by atoms with Crippen molar-refractivity contribution in [2.24, 2.45) is 0 Å². The first-order valence-electron chi connectivity index (χ1n) is 8.59. The molecule has 142 valence electrons. The summed E-state index contributed by atoms with van der Waals surface area (Å²) in [5.41, 5.74) is 2.21. The van der Waals surface area contributed by atoms with E-state index in [-0.39, 0.29) is 0 Å². The maximum atomic E-state index is 12.7. The maximum absolute atomic E-state index is 12.7. The van der Waals surface area contributed by atoms with Crippen molar-refractivity contribution in [3.63, 3.8) is 0 Å². The molecule has 0 spiro atoms. The van der Waals surface area contributed by atoms with Gasteiger partial charge in [-0.3, -0.25) is 4.79 Å². The number of amides is 1. The summed E-state index contributed by atoms with van der Waals surface area (Å²) >= 11 is 2.97. The van der Waals surface area contributed by atoms with Crippen molar-refractivity contribution in [1.29, 1.82) is 0 Å². The van der Waals surface area contributed by atoms with Crippen LogP contribution in [-0.4, -0.2) is 35.0 Å². The van der Waals surface area contributed by atoms with Crippen LogP contribution in [0.4, 0.5) is 0 Å². The highest BCUT2D eigenvalue weighted by Gasteiger charge is 2.25. The SMILES string of the molecule is COC(=O)[C@H](Cc1c[nH]c2ccccc12)NC(=O)c1csc(-c2cccs2)n1. The molecule has 0 aliphatic rings. The Morgan fingerprint density at radius 1 is 1.21 bits per heavy atom. The van der Waals surface area contributed by atoms with E-state index in [1.807, 2.05) is 48.0 Å². The zero-order valence-electron chi connectivity index (χ0n) is 15.0. The predicted molar refractivity (Wildman–Crippen MR) is 111 cm³/mol. The van der Waals surface area contributed by atoms with Crippen LogP contribution in [0, 0.1) is 0 Å². The van der Waals surface area contributed by atoms with Gasteiger partial charge < -0.3 is 15.0 Å². The molecule has 8 heteroatoms. The largest absolute Gasteiger partial charge is 0.467 e. The fraction of sp³-hybridized carbons (Fsp3) is 0.150. The number of H-pyrrole nitrogens is 1. The van der Waals surface area contributed by atoms with Crippen LogP contribution in [-0.2, 0) is 16.0 Å². The highest BCUT2D eigenvalue weighted by atomic mass is 32.1. The van der Waals surface area contributed by atoms with E-state index in [1.54, 1.807) is 16.7 Å². The van der Waals surface area contributed by atoms with Crippen molar-refractivity contribution >= 4 is 45.5 Å². The molecule has 0 radical (unpaired) electrons. The minimum Gasteiger partial charge on any atom is -0.467 e. The molecule has 0 aliphatic heterocycles. The number of thiazole rings is 1. The minimum absolute atomic E-state index is 0.293. The van der Waals surface area contributed by atoms with Crippen molar-refractivity contribution in [3.05, 3.63) is 64.6 Å². The quantitative estimate of drug-likeness (QED) is 0.472. The van der Waals surface area contributed by atoms with Gasteiger partial charge in [-0.25, -0.2) is 9.78 Å². The summed E-state index contributed by atoms with van der Waals surface area (Å²) in [6, 6.07) is 10.9. The third kappa shape index (κ3) is 3.69. The van der Waals surface area contributed by atoms with E-state index < -0.39 is 17.9 Å². The Morgan fingerprint density at radius 2 is 2.07 bits per heavy atom. The number of aromatic nitrogens is 2. The molecule has 0 aliphatic carbocycles. The summed E-state index contributed by atoms with van der Waals surface area (Å²) in [6.07, 6.45) is 2.18. The number of carbonyl (C=O) groups is 2. The molecule has 0 bridgehead atoms. The number of rotatable bonds is 6. The second kappa shape index (κ2) is 7.95. The Labute approximate surface area is 169 Å². The lowest BCUT2D eigenvalue weighted by atomic mass is 10.0. The lowest BCUT2D eigenvalue weighted by Crippen LogP contribution is -2.43. The van der Waals surface area contributed by atoms with Gasteiger partial charge in [0, 0.05) is 28.9 Å². The van der Waals surface area contributed by atoms with Gasteiger partial charge >= 0.3 is 5.97 Å². The molecule has 0 saturated carbocycles. The Kier molecular flexibility index (Phi) is 5.23. The van der Waals surface area contributed by atoms with Gasteiger partial charge in [-0.15, -0.1) is 22.7 Å². The van der Waals surface area contributed by atoms with Gasteiger partial charge in [0.2, 0.25) is 0 Å². The molecule has 3 heterocycles. The number of hydrogen-bond donors (Lipinski definition) is 2. The van der Waals surface area contributed by atoms with Gasteiger partial charge in [0.05, 0.1) is 12.0 Å². The number of hydrogen-bond acceptors (Lipinski definition) is 6. The highest BCUT2D eigenvalue weighted by Crippen LogP contribution is 2.28. The van der Waals surface area contributed by atoms with Crippen LogP contribution in [0.5, 0.6) is 0 Å². The predicted octanol–water partition coefficient (Wildman–Crippen LogP) is 3.87. The summed E-state index contributed by atoms with van der Waals surface area (Å²) in [7, 11) is 1.31. The van der Waals surface area contributed by atoms with Crippen LogP contribution in [0.2, 0.25) is 0 Å². The molecule has 0 fully saturated rings. The molecule has 1 atom stereocenters. The number of nitrogens with one attached hydrogen (secondary N) is 2. The molecule has 1 aromatic carbocycles. The second-order valence-corrected chi connectivity index (χ2v) is 7.93. The monoisotopic (exact) mass is 411 g/mol. The first kappa shape index (κ1) is 18.4. The summed E-state index contributed by atoms with van der Waals surface area (Å²) < 4.78 is 4.89. The number of nitrogens with zero attached hydrogens (tertiary/aromatic N) is 1. The summed E-state index contributed by atoms with van der Waals surface area (Å²) in [4.78, 5) is 33.5. The molecule has 4 aromatic rings. The summed E-state index contributed by atoms with van der Waals surface area (Å²) in [5.74, 6) is -0.887. The lowest BCUT2D eigenvalue weighted by Gasteiger charge is -2.15. The Hall–Kier alpha value is -2.97. The summed E-state index contributed by atoms with van der Waals surface area (Å²) in [5, 5.41) is 8.22. The number of methoxy groups -OCH3 is 1. The average molecular weight is 412 g/mol. The maximum Gasteiger partial charge on any atom is 0.328 e. The Bertz CT molecular complexity index is 1110. The third-order valence-corrected chi connectivity index (χ3v) is 6.24. The van der Waals surface area contributed by atoms with Gasteiger partial charge in [0.15, 0.2) is 0 Å². The van der Waals surface area contributed by atoms with Crippen LogP contribution >= 0.6 is 22.7 Å². The molecule has 1 amide bonds. The van der Waals surface area contributed by atoms with Crippen LogP contribution < -0.4 is 5.32 Å². The number of ether oxygens (including phenoxy) is 1. The second-order valence-electron chi connectivity index (χ2n) is 6.13. The van der Waals surface area contributed by atoms with Gasteiger partial charge in [-0.05, 0) is 23.1 Å². The standard InChI is InChI=1S/C20H17N3O3S2/c1-26-20(25)15(9-12-10-21-14-6-3-2-5-13(12)14)22-18(24)16-11-28-19(23-16)17-7-4-8-27-17/h2-8,10-11,15,21H,9H2,1H3,(H,22,24)/t15-/m0/s1. The molecule has 6 nitrogen and oxygen atoms in total. The Balaban J connectivity index is 1.53. The molecule has 0 unspecified atom stereocenters. The van der Waals surface area contributed by atoms with E-state index >= 15 is 0 Å². The highest BCUT2D eigenvalue weighted by molar-refractivity contribution is 7.20. The van der Waals surface area contributed by atoms with E-state index in [0.717, 1.165) is 26.4 Å². The van der Waals surface area contributed by atoms with Gasteiger partial charge in [-0.2, -0.15) is 0 Å². The molecule has 3 aromatic heterocycles. The van der Waals surface area contributed by atoms with Crippen molar-refractivity contribution in [3.8, 4) is 9.88 Å². The van der Waals surface area contributed by atoms with Crippen LogP contribution in [0.1, 0.15) is 16.1 Å². The van der Waals surface area contributed by atoms with Crippen LogP contribution in [0.25, 0.3) is 20.8 Å². The first-order valence-corrected chi connectivity index (χ1v) is 10.3. The van der Waals surface area contributed by atoms with Crippen LogP contribution in [0.15, 0.2) is 53.4 Å². The van der Waals surface area contributed by atoms with Crippen LogP contribution in [0.3, 0.4) is 0 Å². The number of benzene rings is 1. The molecule has 2 N–H and O–H groups in total. The normalized spacial score (nSPS) is 12.0. The topological polar surface area (TPSA) is 84.1 Å². The zero-order valence-corrected chi connectivity index (χ0v) is 16.6. The number of aromatic amines is 1. The molecule has 0 saturated heterocycles.